The first-order valence-corrected chi connectivity index (χ1v) is 13.0. The second kappa shape index (κ2) is 7.75. The highest BCUT2D eigenvalue weighted by atomic mass is 35.5. The number of halogens is 1. The van der Waals surface area contributed by atoms with Crippen LogP contribution in [0, 0.1) is 0 Å². The van der Waals surface area contributed by atoms with Crippen molar-refractivity contribution < 1.29 is 16.8 Å². The number of rotatable bonds is 6. The average Bonchev–Trinajstić information content (AvgIpc) is 3.23. The third-order valence-electron chi connectivity index (χ3n) is 5.32. The molecule has 1 saturated heterocycles. The highest BCUT2D eigenvalue weighted by Crippen LogP contribution is 2.27. The molecule has 29 heavy (non-hydrogen) atoms. The van der Waals surface area contributed by atoms with Crippen molar-refractivity contribution in [3.63, 3.8) is 0 Å². The second-order valence-electron chi connectivity index (χ2n) is 7.28. The van der Waals surface area contributed by atoms with E-state index in [1.165, 1.54) is 24.3 Å². The van der Waals surface area contributed by atoms with Gasteiger partial charge in [-0.3, -0.25) is 0 Å². The van der Waals surface area contributed by atoms with E-state index in [-0.39, 0.29) is 16.4 Å². The summed E-state index contributed by atoms with van der Waals surface area (Å²) in [5.74, 6) is -0.554. The molecule has 6 nitrogen and oxygen atoms in total. The van der Waals surface area contributed by atoms with Gasteiger partial charge in [-0.2, -0.15) is 0 Å². The van der Waals surface area contributed by atoms with Crippen molar-refractivity contribution in [3.05, 3.63) is 65.3 Å². The smallest absolute Gasteiger partial charge is 0.183 e. The van der Waals surface area contributed by atoms with Crippen molar-refractivity contribution in [2.45, 2.75) is 22.6 Å². The molecule has 4 rings (SSSR count). The van der Waals surface area contributed by atoms with Gasteiger partial charge in [-0.1, -0.05) is 29.8 Å². The van der Waals surface area contributed by atoms with Crippen LogP contribution in [0.15, 0.2) is 59.6 Å². The van der Waals surface area contributed by atoms with Crippen LogP contribution in [0.1, 0.15) is 5.56 Å². The molecule has 0 spiro atoms. The van der Waals surface area contributed by atoms with Crippen molar-refractivity contribution in [3.8, 4) is 0 Å². The van der Waals surface area contributed by atoms with E-state index in [0.29, 0.717) is 18.0 Å². The number of aromatic nitrogens is 1. The Morgan fingerprint density at radius 2 is 1.79 bits per heavy atom. The van der Waals surface area contributed by atoms with E-state index in [0.717, 1.165) is 16.5 Å². The van der Waals surface area contributed by atoms with E-state index in [1.54, 1.807) is 0 Å². The summed E-state index contributed by atoms with van der Waals surface area (Å²) in [4.78, 5) is 3.30. The fourth-order valence-electron chi connectivity index (χ4n) is 3.84. The van der Waals surface area contributed by atoms with Crippen LogP contribution in [-0.4, -0.2) is 51.2 Å². The molecular weight excluding hydrogens is 432 g/mol. The van der Waals surface area contributed by atoms with Crippen LogP contribution >= 0.6 is 11.6 Å². The fraction of sp³-hybridized carbons (Fsp3) is 0.300. The summed E-state index contributed by atoms with van der Waals surface area (Å²) >= 11 is 5.85. The van der Waals surface area contributed by atoms with Gasteiger partial charge >= 0.3 is 0 Å². The van der Waals surface area contributed by atoms with Gasteiger partial charge in [0.15, 0.2) is 19.7 Å². The van der Waals surface area contributed by atoms with Crippen LogP contribution < -0.4 is 5.32 Å². The molecule has 1 aromatic heterocycles. The minimum absolute atomic E-state index is 0.0902. The maximum atomic E-state index is 13.1. The lowest BCUT2D eigenvalue weighted by Crippen LogP contribution is -2.44. The van der Waals surface area contributed by atoms with E-state index in [4.69, 9.17) is 11.6 Å². The number of sulfone groups is 2. The normalized spacial score (nSPS) is 21.6. The summed E-state index contributed by atoms with van der Waals surface area (Å²) in [7, 11) is -7.24. The molecule has 9 heteroatoms. The van der Waals surface area contributed by atoms with Crippen molar-refractivity contribution in [1.29, 1.82) is 0 Å². The second-order valence-corrected chi connectivity index (χ2v) is 12.0. The van der Waals surface area contributed by atoms with Crippen LogP contribution in [0.2, 0.25) is 5.02 Å². The Hall–Kier alpha value is -1.87. The summed E-state index contributed by atoms with van der Waals surface area (Å²) in [6, 6.07) is 13.1. The SMILES string of the molecule is O=S1(=O)C[C@H](NCCc2c[nH]c3ccccc23)[C@@H](S(=O)(=O)c2ccc(Cl)cc2)C1. The molecule has 154 valence electrons. The molecule has 0 amide bonds. The minimum atomic E-state index is -3.80. The first-order chi connectivity index (χ1) is 13.8. The van der Waals surface area contributed by atoms with Crippen LogP contribution in [0.4, 0.5) is 0 Å². The van der Waals surface area contributed by atoms with Crippen LogP contribution in [0.25, 0.3) is 10.9 Å². The largest absolute Gasteiger partial charge is 0.361 e. The summed E-state index contributed by atoms with van der Waals surface area (Å²) in [5, 5.41) is 3.70. The van der Waals surface area contributed by atoms with Crippen LogP contribution in [0.5, 0.6) is 0 Å². The molecule has 2 aromatic carbocycles. The Morgan fingerprint density at radius 3 is 2.55 bits per heavy atom. The van der Waals surface area contributed by atoms with Crippen LogP contribution in [0.3, 0.4) is 0 Å². The molecule has 1 aliphatic heterocycles. The number of nitrogens with one attached hydrogen (secondary N) is 2. The maximum Gasteiger partial charge on any atom is 0.183 e. The van der Waals surface area contributed by atoms with Crippen molar-refractivity contribution in [2.24, 2.45) is 0 Å². The zero-order valence-corrected chi connectivity index (χ0v) is 17.9. The van der Waals surface area contributed by atoms with Gasteiger partial charge in [-0.25, -0.2) is 16.8 Å². The molecule has 0 aliphatic carbocycles. The lowest BCUT2D eigenvalue weighted by atomic mass is 10.1. The van der Waals surface area contributed by atoms with E-state index in [9.17, 15) is 16.8 Å². The predicted molar refractivity (Wildman–Crippen MR) is 115 cm³/mol. The number of fused-ring (bicyclic) bond motifs is 1. The van der Waals surface area contributed by atoms with Crippen molar-refractivity contribution in [1.82, 2.24) is 10.3 Å². The molecule has 3 aromatic rings. The minimum Gasteiger partial charge on any atom is -0.361 e. The van der Waals surface area contributed by atoms with E-state index < -0.39 is 31.0 Å². The van der Waals surface area contributed by atoms with Crippen LogP contribution in [-0.2, 0) is 26.1 Å². The Kier molecular flexibility index (Phi) is 5.46. The van der Waals surface area contributed by atoms with Crippen molar-refractivity contribution >= 4 is 42.2 Å². The highest BCUT2D eigenvalue weighted by molar-refractivity contribution is 7.96. The number of H-pyrrole nitrogens is 1. The zero-order chi connectivity index (χ0) is 20.6. The summed E-state index contributed by atoms with van der Waals surface area (Å²) in [5.41, 5.74) is 2.14. The van der Waals surface area contributed by atoms with E-state index >= 15 is 0 Å². The summed E-state index contributed by atoms with van der Waals surface area (Å²) < 4.78 is 50.6. The van der Waals surface area contributed by atoms with Gasteiger partial charge in [0.05, 0.1) is 21.7 Å². The van der Waals surface area contributed by atoms with Gasteiger partial charge in [-0.15, -0.1) is 0 Å². The topological polar surface area (TPSA) is 96.1 Å². The number of benzene rings is 2. The quantitative estimate of drug-likeness (QED) is 0.599. The molecule has 1 fully saturated rings. The zero-order valence-electron chi connectivity index (χ0n) is 15.5. The monoisotopic (exact) mass is 452 g/mol. The first-order valence-electron chi connectivity index (χ1n) is 9.24. The molecule has 2 N–H and O–H groups in total. The number of aromatic amines is 1. The Balaban J connectivity index is 1.51. The molecule has 1 aliphatic rings. The molecule has 0 bridgehead atoms. The number of para-hydroxylation sites is 1. The molecule has 2 atom stereocenters. The predicted octanol–water partition coefficient (Wildman–Crippen LogP) is 2.59. The number of hydrogen-bond donors (Lipinski definition) is 2. The van der Waals surface area contributed by atoms with Gasteiger partial charge in [0.1, 0.15) is 0 Å². The van der Waals surface area contributed by atoms with Gasteiger partial charge in [-0.05, 0) is 48.9 Å². The third kappa shape index (κ3) is 4.21. The lowest BCUT2D eigenvalue weighted by Gasteiger charge is -2.20. The van der Waals surface area contributed by atoms with Gasteiger partial charge < -0.3 is 10.3 Å². The molecule has 0 radical (unpaired) electrons. The Morgan fingerprint density at radius 1 is 1.07 bits per heavy atom. The molecular formula is C20H21ClN2O4S2. The average molecular weight is 453 g/mol. The van der Waals surface area contributed by atoms with Gasteiger partial charge in [0.2, 0.25) is 0 Å². The standard InChI is InChI=1S/C20H21ClN2O4S2/c21-15-5-7-16(8-6-15)29(26,27)20-13-28(24,25)12-19(20)22-10-9-14-11-23-18-4-2-1-3-17(14)18/h1-8,11,19-20,22-23H,9-10,12-13H2/t19-,20-/m0/s1. The van der Waals surface area contributed by atoms with Gasteiger partial charge in [0, 0.05) is 28.2 Å². The fourth-order valence-corrected chi connectivity index (χ4v) is 8.68. The number of hydrogen-bond acceptors (Lipinski definition) is 5. The third-order valence-corrected chi connectivity index (χ3v) is 9.74. The Labute approximate surface area is 175 Å². The first kappa shape index (κ1) is 20.4. The molecule has 0 unspecified atom stereocenters. The maximum absolute atomic E-state index is 13.1. The highest BCUT2D eigenvalue weighted by Gasteiger charge is 2.45. The lowest BCUT2D eigenvalue weighted by molar-refractivity contribution is 0.528. The van der Waals surface area contributed by atoms with E-state index in [1.807, 2.05) is 30.5 Å². The Bertz CT molecular complexity index is 1230. The summed E-state index contributed by atoms with van der Waals surface area (Å²) in [6.07, 6.45) is 2.59. The molecule has 0 saturated carbocycles. The van der Waals surface area contributed by atoms with Crippen molar-refractivity contribution in [2.75, 3.05) is 18.1 Å². The van der Waals surface area contributed by atoms with Gasteiger partial charge in [0.25, 0.3) is 0 Å². The van der Waals surface area contributed by atoms with E-state index in [2.05, 4.69) is 10.3 Å². The molecule has 2 heterocycles. The summed E-state index contributed by atoms with van der Waals surface area (Å²) in [6.45, 7) is 0.481.